The summed E-state index contributed by atoms with van der Waals surface area (Å²) < 4.78 is 38.4. The van der Waals surface area contributed by atoms with Gasteiger partial charge in [0, 0.05) is 4.47 Å². The Morgan fingerprint density at radius 2 is 2.06 bits per heavy atom. The smallest absolute Gasteiger partial charge is 0.368 e. The maximum absolute atomic E-state index is 12.7. The van der Waals surface area contributed by atoms with Gasteiger partial charge in [-0.3, -0.25) is 4.79 Å². The highest BCUT2D eigenvalue weighted by atomic mass is 79.9. The van der Waals surface area contributed by atoms with Gasteiger partial charge in [-0.05, 0) is 24.1 Å². The minimum Gasteiger partial charge on any atom is -0.368 e. The molecule has 1 atom stereocenters. The van der Waals surface area contributed by atoms with Crippen LogP contribution in [-0.2, 0) is 17.4 Å². The van der Waals surface area contributed by atoms with Crippen LogP contribution in [0, 0.1) is 0 Å². The van der Waals surface area contributed by atoms with Gasteiger partial charge < -0.3 is 5.73 Å². The number of carbonyl (C=O) groups excluding carboxylic acids is 1. The molecule has 2 N–H and O–H groups in total. The topological polar surface area (TPSA) is 43.1 Å². The van der Waals surface area contributed by atoms with Gasteiger partial charge in [0.25, 0.3) is 0 Å². The van der Waals surface area contributed by atoms with Crippen molar-refractivity contribution in [3.63, 3.8) is 0 Å². The van der Waals surface area contributed by atoms with Gasteiger partial charge in [0.2, 0.25) is 5.91 Å². The first-order valence-corrected chi connectivity index (χ1v) is 5.73. The lowest BCUT2D eigenvalue weighted by atomic mass is 10.0. The van der Waals surface area contributed by atoms with E-state index in [2.05, 4.69) is 15.9 Å². The molecule has 1 aromatic carbocycles. The number of nitrogens with two attached hydrogens (primary N) is 1. The maximum Gasteiger partial charge on any atom is 0.416 e. The van der Waals surface area contributed by atoms with Gasteiger partial charge in [-0.1, -0.05) is 22.0 Å². The number of primary amides is 1. The van der Waals surface area contributed by atoms with E-state index in [4.69, 9.17) is 17.3 Å². The Kier molecular flexibility index (Phi) is 4.43. The van der Waals surface area contributed by atoms with Crippen LogP contribution in [-0.4, -0.2) is 11.3 Å². The average Bonchev–Trinajstić information content (AvgIpc) is 2.18. The third kappa shape index (κ3) is 3.89. The number of amides is 1. The van der Waals surface area contributed by atoms with E-state index in [9.17, 15) is 18.0 Å². The number of carbonyl (C=O) groups is 1. The van der Waals surface area contributed by atoms with Gasteiger partial charge in [-0.15, -0.1) is 11.6 Å². The van der Waals surface area contributed by atoms with Crippen molar-refractivity contribution >= 4 is 33.4 Å². The molecule has 2 nitrogen and oxygen atoms in total. The first kappa shape index (κ1) is 14.3. The van der Waals surface area contributed by atoms with Crippen molar-refractivity contribution < 1.29 is 18.0 Å². The third-order valence-corrected chi connectivity index (χ3v) is 2.95. The summed E-state index contributed by atoms with van der Waals surface area (Å²) in [5.74, 6) is -0.845. The summed E-state index contributed by atoms with van der Waals surface area (Å²) in [5, 5.41) is -1.16. The molecule has 7 heteroatoms. The lowest BCUT2D eigenvalue weighted by Gasteiger charge is -2.14. The van der Waals surface area contributed by atoms with E-state index in [1.165, 1.54) is 12.1 Å². The first-order chi connectivity index (χ1) is 7.71. The highest BCUT2D eigenvalue weighted by molar-refractivity contribution is 9.10. The van der Waals surface area contributed by atoms with Crippen molar-refractivity contribution in [2.75, 3.05) is 0 Å². The van der Waals surface area contributed by atoms with Crippen molar-refractivity contribution in [2.45, 2.75) is 18.0 Å². The van der Waals surface area contributed by atoms with Gasteiger partial charge in [0.15, 0.2) is 0 Å². The fourth-order valence-corrected chi connectivity index (χ4v) is 1.81. The quantitative estimate of drug-likeness (QED) is 0.850. The second-order valence-corrected chi connectivity index (χ2v) is 4.82. The molecule has 1 amide bonds. The molecule has 0 heterocycles. The number of hydrogen-bond donors (Lipinski definition) is 1. The van der Waals surface area contributed by atoms with E-state index in [-0.39, 0.29) is 12.0 Å². The SMILES string of the molecule is NC(=O)C(Cl)Cc1ccc(Br)cc1C(F)(F)F. The molecule has 0 spiro atoms. The van der Waals surface area contributed by atoms with E-state index >= 15 is 0 Å². The highest BCUT2D eigenvalue weighted by Gasteiger charge is 2.34. The van der Waals surface area contributed by atoms with Gasteiger partial charge in [0.1, 0.15) is 5.38 Å². The van der Waals surface area contributed by atoms with Gasteiger partial charge >= 0.3 is 6.18 Å². The van der Waals surface area contributed by atoms with Crippen LogP contribution >= 0.6 is 27.5 Å². The zero-order valence-electron chi connectivity index (χ0n) is 8.39. The molecule has 1 rings (SSSR count). The van der Waals surface area contributed by atoms with Crippen LogP contribution in [0.3, 0.4) is 0 Å². The largest absolute Gasteiger partial charge is 0.416 e. The molecular weight excluding hydrogens is 322 g/mol. The fourth-order valence-electron chi connectivity index (χ4n) is 1.28. The van der Waals surface area contributed by atoms with Crippen LogP contribution in [0.2, 0.25) is 0 Å². The molecule has 0 saturated carbocycles. The van der Waals surface area contributed by atoms with Crippen LogP contribution in [0.4, 0.5) is 13.2 Å². The molecular formula is C10H8BrClF3NO. The van der Waals surface area contributed by atoms with Crippen molar-refractivity contribution in [1.82, 2.24) is 0 Å². The molecule has 0 aliphatic carbocycles. The molecule has 0 aliphatic heterocycles. The van der Waals surface area contributed by atoms with Crippen molar-refractivity contribution in [1.29, 1.82) is 0 Å². The van der Waals surface area contributed by atoms with Crippen LogP contribution in [0.25, 0.3) is 0 Å². The Hall–Kier alpha value is -0.750. The summed E-state index contributed by atoms with van der Waals surface area (Å²) in [4.78, 5) is 10.7. The maximum atomic E-state index is 12.7. The summed E-state index contributed by atoms with van der Waals surface area (Å²) in [7, 11) is 0. The lowest BCUT2D eigenvalue weighted by molar-refractivity contribution is -0.138. The van der Waals surface area contributed by atoms with Gasteiger partial charge in [-0.2, -0.15) is 13.2 Å². The number of halogens is 5. The molecule has 0 fully saturated rings. The van der Waals surface area contributed by atoms with Crippen LogP contribution in [0.1, 0.15) is 11.1 Å². The van der Waals surface area contributed by atoms with Crippen molar-refractivity contribution in [2.24, 2.45) is 5.73 Å². The summed E-state index contributed by atoms with van der Waals surface area (Å²) in [6.07, 6.45) is -4.74. The zero-order chi connectivity index (χ0) is 13.2. The zero-order valence-corrected chi connectivity index (χ0v) is 10.7. The van der Waals surface area contributed by atoms with E-state index in [0.717, 1.165) is 6.07 Å². The molecule has 0 saturated heterocycles. The summed E-state index contributed by atoms with van der Waals surface area (Å²) in [6, 6.07) is 3.67. The lowest BCUT2D eigenvalue weighted by Crippen LogP contribution is -2.26. The molecule has 1 aromatic rings. The molecule has 0 aliphatic rings. The van der Waals surface area contributed by atoms with Crippen LogP contribution < -0.4 is 5.73 Å². The number of rotatable bonds is 3. The van der Waals surface area contributed by atoms with Gasteiger partial charge in [-0.25, -0.2) is 0 Å². The Morgan fingerprint density at radius 1 is 1.47 bits per heavy atom. The first-order valence-electron chi connectivity index (χ1n) is 4.51. The third-order valence-electron chi connectivity index (χ3n) is 2.09. The average molecular weight is 331 g/mol. The summed E-state index contributed by atoms with van der Waals surface area (Å²) in [5.41, 5.74) is 4.03. The molecule has 1 unspecified atom stereocenters. The molecule has 0 radical (unpaired) electrons. The normalized spacial score (nSPS) is 13.5. The Labute approximate surface area is 109 Å². The molecule has 0 bridgehead atoms. The number of hydrogen-bond acceptors (Lipinski definition) is 1. The van der Waals surface area contributed by atoms with E-state index in [0.29, 0.717) is 4.47 Å². The minimum absolute atomic E-state index is 0.0560. The van der Waals surface area contributed by atoms with Crippen molar-refractivity contribution in [3.8, 4) is 0 Å². The van der Waals surface area contributed by atoms with Crippen LogP contribution in [0.5, 0.6) is 0 Å². The minimum atomic E-state index is -4.49. The van der Waals surface area contributed by atoms with E-state index in [1.54, 1.807) is 0 Å². The monoisotopic (exact) mass is 329 g/mol. The Morgan fingerprint density at radius 3 is 2.53 bits per heavy atom. The predicted molar refractivity (Wildman–Crippen MR) is 61.7 cm³/mol. The number of alkyl halides is 4. The van der Waals surface area contributed by atoms with Crippen molar-refractivity contribution in [3.05, 3.63) is 33.8 Å². The summed E-state index contributed by atoms with van der Waals surface area (Å²) >= 11 is 8.52. The van der Waals surface area contributed by atoms with Crippen LogP contribution in [0.15, 0.2) is 22.7 Å². The standard InChI is InChI=1S/C10H8BrClF3NO/c11-6-2-1-5(3-8(12)9(16)17)7(4-6)10(13,14)15/h1-2,4,8H,3H2,(H2,16,17). The predicted octanol–water partition coefficient (Wildman–Crippen LogP) is 3.10. The molecule has 17 heavy (non-hydrogen) atoms. The Balaban J connectivity index is 3.11. The fraction of sp³-hybridized carbons (Fsp3) is 0.300. The second-order valence-electron chi connectivity index (χ2n) is 3.37. The molecule has 94 valence electrons. The second kappa shape index (κ2) is 5.27. The molecule has 0 aromatic heterocycles. The van der Waals surface area contributed by atoms with E-state index < -0.39 is 23.0 Å². The van der Waals surface area contributed by atoms with E-state index in [1.807, 2.05) is 0 Å². The number of benzene rings is 1. The summed E-state index contributed by atoms with van der Waals surface area (Å²) in [6.45, 7) is 0. The van der Waals surface area contributed by atoms with Gasteiger partial charge in [0.05, 0.1) is 5.56 Å². The Bertz CT molecular complexity index is 436. The highest BCUT2D eigenvalue weighted by Crippen LogP contribution is 2.34.